The van der Waals surface area contributed by atoms with Crippen LogP contribution in [0.4, 0.5) is 39.0 Å². The number of amides is 1. The van der Waals surface area contributed by atoms with E-state index >= 15 is 0 Å². The topological polar surface area (TPSA) is 68.4 Å². The third-order valence-electron chi connectivity index (χ3n) is 6.02. The molecule has 35 heavy (non-hydrogen) atoms. The molecule has 0 saturated heterocycles. The second kappa shape index (κ2) is 8.35. The van der Waals surface area contributed by atoms with Crippen molar-refractivity contribution in [3.05, 3.63) is 85.8 Å². The number of aromatic amines is 1. The van der Waals surface area contributed by atoms with Gasteiger partial charge in [-0.3, -0.25) is 14.5 Å². The van der Waals surface area contributed by atoms with Gasteiger partial charge in [-0.25, -0.2) is 8.78 Å². The average Bonchev–Trinajstić information content (AvgIpc) is 2.81. The number of hydrogen-bond donors (Lipinski definition) is 2. The molecule has 3 heterocycles. The van der Waals surface area contributed by atoms with Crippen LogP contribution in [0, 0.1) is 11.6 Å². The van der Waals surface area contributed by atoms with E-state index in [4.69, 9.17) is 11.6 Å². The van der Waals surface area contributed by atoms with Crippen molar-refractivity contribution in [2.75, 3.05) is 23.0 Å². The summed E-state index contributed by atoms with van der Waals surface area (Å²) in [7, 11) is 0. The number of fused-ring (bicyclic) bond motifs is 8. The molecule has 0 radical (unpaired) electrons. The molecule has 1 aromatic heterocycles. The lowest BCUT2D eigenvalue weighted by molar-refractivity contribution is -0.139. The standard InChI is InChI=1S/C23H16ClF5N4O2/c24-21-12-9-30-6-5-16-18(3-4-20(34)31-16)33-10-32(17(12)2-1-14(21)25)19-8-13(23(27,28)29)15(26)7-11(19)22(33)35/h1-4,7-8,30H,5-6,9-10H2,(H,31,34). The summed E-state index contributed by atoms with van der Waals surface area (Å²) in [5.41, 5.74) is -1.26. The lowest BCUT2D eigenvalue weighted by Crippen LogP contribution is -2.46. The number of rotatable bonds is 0. The minimum atomic E-state index is -5.01. The van der Waals surface area contributed by atoms with Gasteiger partial charge >= 0.3 is 6.18 Å². The lowest BCUT2D eigenvalue weighted by atomic mass is 10.0. The Labute approximate surface area is 199 Å². The molecule has 6 nitrogen and oxygen atoms in total. The van der Waals surface area contributed by atoms with Crippen LogP contribution < -0.4 is 20.7 Å². The quantitative estimate of drug-likeness (QED) is 0.429. The van der Waals surface area contributed by atoms with Crippen molar-refractivity contribution in [3.63, 3.8) is 0 Å². The van der Waals surface area contributed by atoms with Crippen molar-refractivity contribution in [2.24, 2.45) is 0 Å². The molecule has 0 atom stereocenters. The summed E-state index contributed by atoms with van der Waals surface area (Å²) < 4.78 is 69.5. The fraction of sp³-hybridized carbons (Fsp3) is 0.217. The van der Waals surface area contributed by atoms with Gasteiger partial charge in [0, 0.05) is 42.5 Å². The van der Waals surface area contributed by atoms with Gasteiger partial charge in [-0.15, -0.1) is 0 Å². The number of nitrogens with one attached hydrogen (secondary N) is 2. The molecule has 0 spiro atoms. The first-order valence-corrected chi connectivity index (χ1v) is 10.8. The van der Waals surface area contributed by atoms with Gasteiger partial charge in [0.2, 0.25) is 5.56 Å². The Balaban J connectivity index is 1.81. The summed E-state index contributed by atoms with van der Waals surface area (Å²) in [5.74, 6) is -3.08. The van der Waals surface area contributed by atoms with E-state index in [1.807, 2.05) is 0 Å². The van der Waals surface area contributed by atoms with Gasteiger partial charge in [0.1, 0.15) is 18.3 Å². The fourth-order valence-electron chi connectivity index (χ4n) is 4.38. The SMILES string of the molecule is O=C1c2cc(F)c(C(F)(F)F)cc2N2CN1c1ccc(=O)[nH]c1CCNCc1c2ccc(F)c1Cl. The molecule has 2 aliphatic rings. The lowest BCUT2D eigenvalue weighted by Gasteiger charge is -2.39. The number of carbonyl (C=O) groups excluding carboxylic acids is 1. The van der Waals surface area contributed by atoms with E-state index in [9.17, 15) is 31.5 Å². The monoisotopic (exact) mass is 510 g/mol. The predicted molar refractivity (Wildman–Crippen MR) is 119 cm³/mol. The molecule has 3 aromatic rings. The fourth-order valence-corrected chi connectivity index (χ4v) is 4.60. The van der Waals surface area contributed by atoms with Gasteiger partial charge in [0.25, 0.3) is 5.91 Å². The first-order valence-electron chi connectivity index (χ1n) is 10.5. The molecular formula is C23H16ClF5N4O2. The summed E-state index contributed by atoms with van der Waals surface area (Å²) in [6, 6.07) is 6.17. The maximum Gasteiger partial charge on any atom is 0.419 e. The van der Waals surface area contributed by atoms with Gasteiger partial charge in [-0.05, 0) is 30.3 Å². The number of anilines is 3. The first kappa shape index (κ1) is 23.3. The Morgan fingerprint density at radius 3 is 2.40 bits per heavy atom. The highest BCUT2D eigenvalue weighted by atomic mass is 35.5. The highest BCUT2D eigenvalue weighted by molar-refractivity contribution is 6.32. The smallest absolute Gasteiger partial charge is 0.324 e. The molecule has 0 aliphatic carbocycles. The zero-order valence-corrected chi connectivity index (χ0v) is 18.5. The van der Waals surface area contributed by atoms with Crippen LogP contribution in [0.15, 0.2) is 41.2 Å². The van der Waals surface area contributed by atoms with Gasteiger partial charge in [0.05, 0.1) is 27.5 Å². The zero-order valence-electron chi connectivity index (χ0n) is 17.8. The molecule has 0 saturated carbocycles. The number of benzene rings is 2. The normalized spacial score (nSPS) is 15.8. The highest BCUT2D eigenvalue weighted by Gasteiger charge is 2.40. The highest BCUT2D eigenvalue weighted by Crippen LogP contribution is 2.43. The molecule has 0 unspecified atom stereocenters. The number of hydrogen-bond acceptors (Lipinski definition) is 4. The van der Waals surface area contributed by atoms with Crippen molar-refractivity contribution in [2.45, 2.75) is 19.1 Å². The molecular weight excluding hydrogens is 495 g/mol. The third kappa shape index (κ3) is 3.94. The zero-order chi connectivity index (χ0) is 25.1. The molecule has 12 heteroatoms. The largest absolute Gasteiger partial charge is 0.419 e. The van der Waals surface area contributed by atoms with Gasteiger partial charge in [0.15, 0.2) is 0 Å². The third-order valence-corrected chi connectivity index (χ3v) is 6.43. The predicted octanol–water partition coefficient (Wildman–Crippen LogP) is 4.73. The van der Waals surface area contributed by atoms with E-state index in [0.29, 0.717) is 30.1 Å². The van der Waals surface area contributed by atoms with Crippen molar-refractivity contribution in [1.29, 1.82) is 0 Å². The minimum Gasteiger partial charge on any atom is -0.324 e. The number of nitrogens with zero attached hydrogens (tertiary/aromatic N) is 2. The van der Waals surface area contributed by atoms with Crippen LogP contribution in [0.1, 0.15) is 27.2 Å². The van der Waals surface area contributed by atoms with E-state index < -0.39 is 34.8 Å². The maximum absolute atomic E-state index is 14.5. The first-order chi connectivity index (χ1) is 16.6. The Morgan fingerprint density at radius 2 is 1.66 bits per heavy atom. The van der Waals surface area contributed by atoms with Crippen LogP contribution in [0.2, 0.25) is 5.02 Å². The van der Waals surface area contributed by atoms with E-state index in [1.165, 1.54) is 28.0 Å². The number of aromatic nitrogens is 1. The van der Waals surface area contributed by atoms with Crippen molar-refractivity contribution < 1.29 is 26.7 Å². The number of H-pyrrole nitrogens is 1. The number of carbonyl (C=O) groups is 1. The van der Waals surface area contributed by atoms with Crippen LogP contribution in [0.3, 0.4) is 0 Å². The summed E-state index contributed by atoms with van der Waals surface area (Å²) in [6.07, 6.45) is -4.74. The second-order valence-electron chi connectivity index (χ2n) is 8.12. The molecule has 2 aromatic carbocycles. The van der Waals surface area contributed by atoms with Crippen LogP contribution in [0.25, 0.3) is 0 Å². The van der Waals surface area contributed by atoms with Crippen LogP contribution >= 0.6 is 11.6 Å². The van der Waals surface area contributed by atoms with Crippen molar-refractivity contribution in [3.8, 4) is 0 Å². The van der Waals surface area contributed by atoms with E-state index in [2.05, 4.69) is 10.3 Å². The van der Waals surface area contributed by atoms with Crippen molar-refractivity contribution in [1.82, 2.24) is 10.3 Å². The molecule has 5 rings (SSSR count). The molecule has 2 N–H and O–H groups in total. The van der Waals surface area contributed by atoms with E-state index in [1.54, 1.807) is 0 Å². The maximum atomic E-state index is 14.5. The molecule has 0 fully saturated rings. The summed E-state index contributed by atoms with van der Waals surface area (Å²) >= 11 is 6.23. The van der Waals surface area contributed by atoms with Crippen LogP contribution in [-0.2, 0) is 19.1 Å². The van der Waals surface area contributed by atoms with E-state index in [-0.39, 0.29) is 47.2 Å². The van der Waals surface area contributed by atoms with Crippen molar-refractivity contribution >= 4 is 34.6 Å². The number of alkyl halides is 3. The summed E-state index contributed by atoms with van der Waals surface area (Å²) in [4.78, 5) is 30.6. The van der Waals surface area contributed by atoms with Gasteiger partial charge in [-0.1, -0.05) is 11.6 Å². The minimum absolute atomic E-state index is 0.0471. The molecule has 182 valence electrons. The number of halogens is 6. The Kier molecular flexibility index (Phi) is 5.56. The molecule has 2 bridgehead atoms. The molecule has 2 aliphatic heterocycles. The summed E-state index contributed by atoms with van der Waals surface area (Å²) in [6.45, 7) is 0.0647. The van der Waals surface area contributed by atoms with Crippen LogP contribution in [-0.4, -0.2) is 24.1 Å². The van der Waals surface area contributed by atoms with Crippen LogP contribution in [0.5, 0.6) is 0 Å². The Morgan fingerprint density at radius 1 is 0.914 bits per heavy atom. The molecule has 1 amide bonds. The Bertz CT molecular complexity index is 1420. The summed E-state index contributed by atoms with van der Waals surface area (Å²) in [5, 5.41) is 2.85. The Hall–Kier alpha value is -3.44. The van der Waals surface area contributed by atoms with E-state index in [0.717, 1.165) is 6.07 Å². The average molecular weight is 511 g/mol. The van der Waals surface area contributed by atoms with Gasteiger partial charge in [-0.2, -0.15) is 13.2 Å². The van der Waals surface area contributed by atoms with Gasteiger partial charge < -0.3 is 15.2 Å². The number of pyridine rings is 1. The second-order valence-corrected chi connectivity index (χ2v) is 8.50.